The van der Waals surface area contributed by atoms with E-state index in [1.807, 2.05) is 0 Å². The van der Waals surface area contributed by atoms with Crippen molar-refractivity contribution in [3.8, 4) is 0 Å². The molecule has 2 heterocycles. The molecule has 2 aliphatic carbocycles. The Balaban J connectivity index is 1.60. The Hall–Kier alpha value is -2.41. The summed E-state index contributed by atoms with van der Waals surface area (Å²) < 4.78 is 22.1. The topological polar surface area (TPSA) is 169 Å². The van der Waals surface area contributed by atoms with E-state index in [1.54, 1.807) is 6.92 Å². The predicted octanol–water partition coefficient (Wildman–Crippen LogP) is -1.32. The van der Waals surface area contributed by atoms with Gasteiger partial charge in [0.15, 0.2) is 12.1 Å². The van der Waals surface area contributed by atoms with E-state index in [0.29, 0.717) is 16.7 Å². The van der Waals surface area contributed by atoms with Gasteiger partial charge in [0.1, 0.15) is 36.6 Å². The summed E-state index contributed by atoms with van der Waals surface area (Å²) in [6.45, 7) is 5.98. The standard InChI is InChI=1S/C23H28O11/c1-8-4-13(32-10(3)25)16-9(2)22(30)34-21(16)17-11(5-12(26)15(8)17)7-31-23-20(29)19(28)18(27)14(6-24)33-23/h5,13-14,16-21,23-24,27-29H,2,4,6-7H2,1,3H3/t13-,14+,16+,17-,18+,19-,20-,21-,23+/m0/s1. The number of esters is 2. The van der Waals surface area contributed by atoms with E-state index in [9.17, 15) is 34.8 Å². The van der Waals surface area contributed by atoms with Crippen LogP contribution in [0.25, 0.3) is 0 Å². The fourth-order valence-corrected chi connectivity index (χ4v) is 5.23. The lowest BCUT2D eigenvalue weighted by Crippen LogP contribution is -2.59. The SMILES string of the molecule is C=C1C(=O)O[C@@H]2[C@H]3C(CO[C@@H]4O[C@H](CO)[C@@H](O)[C@H](O)[C@@H]4O)=CC(=O)C3=C(C)C[C@H](OC(C)=O)[C@@H]12. The van der Waals surface area contributed by atoms with E-state index in [2.05, 4.69) is 6.58 Å². The van der Waals surface area contributed by atoms with Crippen molar-refractivity contribution < 1.29 is 53.8 Å². The number of ether oxygens (including phenoxy) is 4. The molecule has 4 aliphatic rings. The van der Waals surface area contributed by atoms with Crippen LogP contribution < -0.4 is 0 Å². The average Bonchev–Trinajstić information content (AvgIpc) is 3.22. The van der Waals surface area contributed by atoms with Crippen molar-refractivity contribution in [2.24, 2.45) is 11.8 Å². The maximum atomic E-state index is 12.9. The molecule has 0 amide bonds. The van der Waals surface area contributed by atoms with Crippen LogP contribution in [0.1, 0.15) is 20.3 Å². The van der Waals surface area contributed by atoms with Gasteiger partial charge in [0.05, 0.1) is 19.1 Å². The monoisotopic (exact) mass is 480 g/mol. The zero-order valence-corrected chi connectivity index (χ0v) is 18.7. The predicted molar refractivity (Wildman–Crippen MR) is 112 cm³/mol. The highest BCUT2D eigenvalue weighted by Crippen LogP contribution is 2.48. The average molecular weight is 480 g/mol. The molecule has 2 saturated heterocycles. The van der Waals surface area contributed by atoms with Crippen LogP contribution in [0, 0.1) is 11.8 Å². The van der Waals surface area contributed by atoms with Crippen LogP contribution >= 0.6 is 0 Å². The quantitative estimate of drug-likeness (QED) is 0.272. The smallest absolute Gasteiger partial charge is 0.334 e. The summed E-state index contributed by atoms with van der Waals surface area (Å²) in [6, 6.07) is 0. The van der Waals surface area contributed by atoms with Crippen LogP contribution in [0.4, 0.5) is 0 Å². The Bertz CT molecular complexity index is 964. The number of rotatable bonds is 5. The van der Waals surface area contributed by atoms with Crippen molar-refractivity contribution in [2.75, 3.05) is 13.2 Å². The first kappa shape index (κ1) is 24.7. The van der Waals surface area contributed by atoms with Crippen molar-refractivity contribution in [2.45, 2.75) is 63.2 Å². The summed E-state index contributed by atoms with van der Waals surface area (Å²) in [4.78, 5) is 37.0. The highest BCUT2D eigenvalue weighted by atomic mass is 16.7. The van der Waals surface area contributed by atoms with Crippen molar-refractivity contribution in [3.05, 3.63) is 34.9 Å². The first-order valence-electron chi connectivity index (χ1n) is 11.0. The molecule has 0 spiro atoms. The molecule has 9 atom stereocenters. The molecule has 2 fully saturated rings. The third-order valence-electron chi connectivity index (χ3n) is 6.83. The molecule has 0 saturated carbocycles. The summed E-state index contributed by atoms with van der Waals surface area (Å²) >= 11 is 0. The molecule has 186 valence electrons. The van der Waals surface area contributed by atoms with Gasteiger partial charge in [-0.1, -0.05) is 12.2 Å². The third-order valence-corrected chi connectivity index (χ3v) is 6.83. The Kier molecular flexibility index (Phi) is 6.78. The summed E-state index contributed by atoms with van der Waals surface area (Å²) in [7, 11) is 0. The lowest BCUT2D eigenvalue weighted by atomic mass is 9.82. The molecule has 11 heteroatoms. The minimum absolute atomic E-state index is 0.152. The summed E-state index contributed by atoms with van der Waals surface area (Å²) in [6.07, 6.45) is -7.29. The normalized spacial score (nSPS) is 39.9. The first-order valence-corrected chi connectivity index (χ1v) is 11.0. The Morgan fingerprint density at radius 3 is 2.56 bits per heavy atom. The molecular formula is C23H28O11. The van der Waals surface area contributed by atoms with Gasteiger partial charge in [0, 0.05) is 30.4 Å². The number of fused-ring (bicyclic) bond motifs is 3. The molecule has 0 unspecified atom stereocenters. The molecule has 4 N–H and O–H groups in total. The van der Waals surface area contributed by atoms with Crippen molar-refractivity contribution >= 4 is 17.7 Å². The molecule has 34 heavy (non-hydrogen) atoms. The number of carbonyl (C=O) groups excluding carboxylic acids is 3. The van der Waals surface area contributed by atoms with Crippen LogP contribution in [0.15, 0.2) is 34.9 Å². The van der Waals surface area contributed by atoms with Crippen LogP contribution in [0.3, 0.4) is 0 Å². The second-order valence-corrected chi connectivity index (χ2v) is 9.04. The lowest BCUT2D eigenvalue weighted by molar-refractivity contribution is -0.299. The van der Waals surface area contributed by atoms with Gasteiger partial charge in [-0.2, -0.15) is 0 Å². The largest absolute Gasteiger partial charge is 0.461 e. The molecule has 0 aromatic carbocycles. The van der Waals surface area contributed by atoms with Gasteiger partial charge in [-0.3, -0.25) is 9.59 Å². The van der Waals surface area contributed by atoms with Crippen molar-refractivity contribution in [1.82, 2.24) is 0 Å². The van der Waals surface area contributed by atoms with Gasteiger partial charge in [-0.15, -0.1) is 0 Å². The van der Waals surface area contributed by atoms with Crippen LogP contribution in [0.2, 0.25) is 0 Å². The van der Waals surface area contributed by atoms with Gasteiger partial charge in [0.2, 0.25) is 0 Å². The highest BCUT2D eigenvalue weighted by molar-refractivity contribution is 6.09. The van der Waals surface area contributed by atoms with Gasteiger partial charge >= 0.3 is 11.9 Å². The van der Waals surface area contributed by atoms with Gasteiger partial charge in [-0.05, 0) is 18.6 Å². The molecule has 0 bridgehead atoms. The molecule has 0 aromatic heterocycles. The van der Waals surface area contributed by atoms with E-state index in [4.69, 9.17) is 18.9 Å². The van der Waals surface area contributed by atoms with Gasteiger partial charge in [0.25, 0.3) is 0 Å². The summed E-state index contributed by atoms with van der Waals surface area (Å²) in [5, 5.41) is 39.5. The zero-order valence-electron chi connectivity index (χ0n) is 18.7. The minimum Gasteiger partial charge on any atom is -0.461 e. The summed E-state index contributed by atoms with van der Waals surface area (Å²) in [5.41, 5.74) is 1.69. The third kappa shape index (κ3) is 4.12. The zero-order chi connectivity index (χ0) is 24.9. The minimum atomic E-state index is -1.61. The van der Waals surface area contributed by atoms with Crippen molar-refractivity contribution in [1.29, 1.82) is 0 Å². The van der Waals surface area contributed by atoms with E-state index < -0.39 is 73.3 Å². The molecule has 0 radical (unpaired) electrons. The Labute approximate surface area is 195 Å². The molecule has 0 aromatic rings. The number of carbonyl (C=O) groups is 3. The second-order valence-electron chi connectivity index (χ2n) is 9.04. The number of aliphatic hydroxyl groups is 4. The lowest BCUT2D eigenvalue weighted by Gasteiger charge is -2.39. The number of hydrogen-bond donors (Lipinski definition) is 4. The highest BCUT2D eigenvalue weighted by Gasteiger charge is 2.54. The van der Waals surface area contributed by atoms with E-state index >= 15 is 0 Å². The molecular weight excluding hydrogens is 452 g/mol. The fourth-order valence-electron chi connectivity index (χ4n) is 5.23. The Morgan fingerprint density at radius 1 is 1.21 bits per heavy atom. The van der Waals surface area contributed by atoms with Crippen LogP contribution in [0.5, 0.6) is 0 Å². The van der Waals surface area contributed by atoms with Gasteiger partial charge < -0.3 is 39.4 Å². The number of hydrogen-bond acceptors (Lipinski definition) is 11. The Morgan fingerprint density at radius 2 is 1.91 bits per heavy atom. The van der Waals surface area contributed by atoms with E-state index in [0.717, 1.165) is 0 Å². The number of ketones is 1. The van der Waals surface area contributed by atoms with Crippen molar-refractivity contribution in [3.63, 3.8) is 0 Å². The second kappa shape index (κ2) is 9.33. The maximum Gasteiger partial charge on any atom is 0.334 e. The number of aliphatic hydroxyl groups excluding tert-OH is 4. The maximum absolute atomic E-state index is 12.9. The summed E-state index contributed by atoms with van der Waals surface area (Å²) in [5.74, 6) is -2.83. The fraction of sp³-hybridized carbons (Fsp3) is 0.609. The van der Waals surface area contributed by atoms with Crippen LogP contribution in [-0.2, 0) is 33.3 Å². The van der Waals surface area contributed by atoms with Gasteiger partial charge in [-0.25, -0.2) is 4.79 Å². The molecule has 2 aliphatic heterocycles. The molecule has 11 nitrogen and oxygen atoms in total. The molecule has 4 rings (SSSR count). The number of allylic oxidation sites excluding steroid dienone is 1. The first-order chi connectivity index (χ1) is 16.0. The van der Waals surface area contributed by atoms with E-state index in [-0.39, 0.29) is 24.4 Å². The van der Waals surface area contributed by atoms with Crippen LogP contribution in [-0.4, -0.2) is 94.3 Å². The van der Waals surface area contributed by atoms with E-state index in [1.165, 1.54) is 13.0 Å².